The number of nitrogens with zero attached hydrogens (tertiary/aromatic N) is 2. The van der Waals surface area contributed by atoms with Crippen molar-refractivity contribution in [3.63, 3.8) is 0 Å². The van der Waals surface area contributed by atoms with Gasteiger partial charge in [0.25, 0.3) is 11.6 Å². The number of ether oxygens (including phenoxy) is 2. The minimum Gasteiger partial charge on any atom is -0.493 e. The van der Waals surface area contributed by atoms with Gasteiger partial charge in [-0.05, 0) is 58.0 Å². The van der Waals surface area contributed by atoms with Crippen LogP contribution in [0.15, 0.2) is 66.4 Å². The first-order valence-corrected chi connectivity index (χ1v) is 11.7. The van der Waals surface area contributed by atoms with Gasteiger partial charge in [0, 0.05) is 17.7 Å². The second kappa shape index (κ2) is 10.7. The molecule has 0 unspecified atom stereocenters. The Labute approximate surface area is 218 Å². The topological polar surface area (TPSA) is 111 Å². The number of rotatable bonds is 8. The summed E-state index contributed by atoms with van der Waals surface area (Å²) in [5.41, 5.74) is 1.41. The molecule has 184 valence electrons. The number of amides is 3. The van der Waals surface area contributed by atoms with Crippen LogP contribution in [0.25, 0.3) is 6.08 Å². The summed E-state index contributed by atoms with van der Waals surface area (Å²) in [7, 11) is 1.46. The van der Waals surface area contributed by atoms with Gasteiger partial charge in [-0.2, -0.15) is 0 Å². The van der Waals surface area contributed by atoms with Gasteiger partial charge in [-0.1, -0.05) is 30.3 Å². The Hall–Kier alpha value is -4.00. The molecule has 3 aromatic carbocycles. The fourth-order valence-corrected chi connectivity index (χ4v) is 4.34. The van der Waals surface area contributed by atoms with Gasteiger partial charge in [-0.25, -0.2) is 9.18 Å². The fraction of sp³-hybridized carbons (Fsp3) is 0.120. The second-order valence-electron chi connectivity index (χ2n) is 7.72. The standard InChI is InChI=1S/C25H19FIN3O6/c1-35-22-12-16(10-20(27)23(22)36-14-15-5-4-7-18(9-15)30(33)34)11-21-24(31)29(25(32)28-21)13-17-6-2-3-8-19(17)26/h2-12H,13-14H2,1H3,(H,28,32)/b21-11+. The van der Waals surface area contributed by atoms with Gasteiger partial charge < -0.3 is 14.8 Å². The lowest BCUT2D eigenvalue weighted by atomic mass is 10.1. The molecule has 1 saturated heterocycles. The summed E-state index contributed by atoms with van der Waals surface area (Å²) in [5.74, 6) is -0.285. The summed E-state index contributed by atoms with van der Waals surface area (Å²) >= 11 is 2.05. The highest BCUT2D eigenvalue weighted by Crippen LogP contribution is 2.35. The van der Waals surface area contributed by atoms with Crippen molar-refractivity contribution in [3.05, 3.63) is 103 Å². The zero-order valence-corrected chi connectivity index (χ0v) is 21.0. The maximum absolute atomic E-state index is 14.0. The first kappa shape index (κ1) is 25.1. The third-order valence-corrected chi connectivity index (χ3v) is 6.12. The Morgan fingerprint density at radius 1 is 1.14 bits per heavy atom. The molecule has 0 saturated carbocycles. The summed E-state index contributed by atoms with van der Waals surface area (Å²) < 4.78 is 26.0. The molecule has 1 aliphatic heterocycles. The minimum absolute atomic E-state index is 0.0351. The number of carbonyl (C=O) groups is 2. The SMILES string of the molecule is COc1cc(/C=C2/NC(=O)N(Cc3ccccc3F)C2=O)cc(I)c1OCc1cccc([N+](=O)[O-])c1. The van der Waals surface area contributed by atoms with Crippen molar-refractivity contribution in [2.45, 2.75) is 13.2 Å². The second-order valence-corrected chi connectivity index (χ2v) is 8.88. The van der Waals surface area contributed by atoms with Crippen LogP contribution in [0.1, 0.15) is 16.7 Å². The number of benzene rings is 3. The van der Waals surface area contributed by atoms with Gasteiger partial charge in [0.15, 0.2) is 11.5 Å². The summed E-state index contributed by atoms with van der Waals surface area (Å²) in [6, 6.07) is 14.8. The lowest BCUT2D eigenvalue weighted by molar-refractivity contribution is -0.384. The molecule has 9 nitrogen and oxygen atoms in total. The third kappa shape index (κ3) is 5.46. The number of nitrogens with one attached hydrogen (secondary N) is 1. The Balaban J connectivity index is 1.53. The van der Waals surface area contributed by atoms with E-state index in [4.69, 9.17) is 9.47 Å². The quantitative estimate of drug-likeness (QED) is 0.127. The lowest BCUT2D eigenvalue weighted by Crippen LogP contribution is -2.30. The largest absolute Gasteiger partial charge is 0.493 e. The molecule has 0 bridgehead atoms. The number of nitro groups is 1. The van der Waals surface area contributed by atoms with Crippen LogP contribution in [0, 0.1) is 19.5 Å². The number of non-ortho nitro benzene ring substituents is 1. The van der Waals surface area contributed by atoms with Crippen molar-refractivity contribution in [1.29, 1.82) is 0 Å². The van der Waals surface area contributed by atoms with E-state index in [9.17, 15) is 24.1 Å². The number of imide groups is 1. The van der Waals surface area contributed by atoms with Crippen LogP contribution in [-0.2, 0) is 17.9 Å². The monoisotopic (exact) mass is 603 g/mol. The molecule has 3 aromatic rings. The molecule has 1 N–H and O–H groups in total. The Morgan fingerprint density at radius 2 is 1.92 bits per heavy atom. The van der Waals surface area contributed by atoms with Crippen LogP contribution in [0.2, 0.25) is 0 Å². The van der Waals surface area contributed by atoms with E-state index >= 15 is 0 Å². The average molecular weight is 603 g/mol. The van der Waals surface area contributed by atoms with Gasteiger partial charge >= 0.3 is 6.03 Å². The number of halogens is 2. The summed E-state index contributed by atoms with van der Waals surface area (Å²) in [4.78, 5) is 36.7. The van der Waals surface area contributed by atoms with Crippen molar-refractivity contribution in [1.82, 2.24) is 10.2 Å². The van der Waals surface area contributed by atoms with Crippen molar-refractivity contribution < 1.29 is 28.4 Å². The van der Waals surface area contributed by atoms with Crippen LogP contribution in [-0.4, -0.2) is 28.9 Å². The highest BCUT2D eigenvalue weighted by Gasteiger charge is 2.34. The molecule has 11 heteroatoms. The molecule has 1 aliphatic rings. The highest BCUT2D eigenvalue weighted by molar-refractivity contribution is 14.1. The lowest BCUT2D eigenvalue weighted by Gasteiger charge is -2.14. The molecular formula is C25H19FIN3O6. The predicted molar refractivity (Wildman–Crippen MR) is 137 cm³/mol. The Bertz CT molecular complexity index is 1390. The first-order valence-electron chi connectivity index (χ1n) is 10.6. The van der Waals surface area contributed by atoms with E-state index < -0.39 is 22.7 Å². The van der Waals surface area contributed by atoms with Crippen molar-refractivity contribution in [3.8, 4) is 11.5 Å². The van der Waals surface area contributed by atoms with E-state index in [1.807, 2.05) is 22.6 Å². The van der Waals surface area contributed by atoms with Gasteiger partial charge in [0.2, 0.25) is 0 Å². The van der Waals surface area contributed by atoms with E-state index in [1.165, 1.54) is 43.5 Å². The molecule has 1 fully saturated rings. The molecule has 0 spiro atoms. The number of methoxy groups -OCH3 is 1. The zero-order valence-electron chi connectivity index (χ0n) is 18.9. The van der Waals surface area contributed by atoms with E-state index in [2.05, 4.69) is 5.32 Å². The molecule has 4 rings (SSSR count). The molecule has 0 radical (unpaired) electrons. The van der Waals surface area contributed by atoms with Crippen LogP contribution >= 0.6 is 22.6 Å². The number of hydrogen-bond donors (Lipinski definition) is 1. The zero-order chi connectivity index (χ0) is 25.8. The van der Waals surface area contributed by atoms with E-state index in [1.54, 1.807) is 30.3 Å². The van der Waals surface area contributed by atoms with Crippen LogP contribution < -0.4 is 14.8 Å². The van der Waals surface area contributed by atoms with Gasteiger partial charge in [0.1, 0.15) is 18.1 Å². The maximum atomic E-state index is 14.0. The van der Waals surface area contributed by atoms with Crippen LogP contribution in [0.5, 0.6) is 11.5 Å². The summed E-state index contributed by atoms with van der Waals surface area (Å²) in [6.45, 7) is -0.117. The number of carbonyl (C=O) groups excluding carboxylic acids is 2. The molecule has 1 heterocycles. The van der Waals surface area contributed by atoms with Crippen molar-refractivity contribution >= 4 is 46.3 Å². The number of nitro benzene ring substituents is 1. The van der Waals surface area contributed by atoms with Crippen LogP contribution in [0.3, 0.4) is 0 Å². The smallest absolute Gasteiger partial charge is 0.329 e. The van der Waals surface area contributed by atoms with Crippen molar-refractivity contribution in [2.75, 3.05) is 7.11 Å². The van der Waals surface area contributed by atoms with Crippen LogP contribution in [0.4, 0.5) is 14.9 Å². The van der Waals surface area contributed by atoms with E-state index in [0.29, 0.717) is 26.2 Å². The third-order valence-electron chi connectivity index (χ3n) is 5.32. The fourth-order valence-electron chi connectivity index (χ4n) is 3.56. The molecule has 0 aliphatic carbocycles. The number of urea groups is 1. The minimum atomic E-state index is -0.645. The maximum Gasteiger partial charge on any atom is 0.329 e. The normalized spacial score (nSPS) is 14.2. The molecule has 3 amide bonds. The van der Waals surface area contributed by atoms with Gasteiger partial charge in [-0.3, -0.25) is 19.8 Å². The Kier molecular flexibility index (Phi) is 7.48. The van der Waals surface area contributed by atoms with Gasteiger partial charge in [-0.15, -0.1) is 0 Å². The summed E-state index contributed by atoms with van der Waals surface area (Å²) in [6.07, 6.45) is 1.50. The number of hydrogen-bond acceptors (Lipinski definition) is 6. The van der Waals surface area contributed by atoms with E-state index in [0.717, 1.165) is 4.90 Å². The Morgan fingerprint density at radius 3 is 2.64 bits per heavy atom. The molecule has 0 aromatic heterocycles. The predicted octanol–water partition coefficient (Wildman–Crippen LogP) is 5.02. The molecular weight excluding hydrogens is 584 g/mol. The van der Waals surface area contributed by atoms with Crippen molar-refractivity contribution in [2.24, 2.45) is 0 Å². The molecule has 36 heavy (non-hydrogen) atoms. The summed E-state index contributed by atoms with van der Waals surface area (Å²) in [5, 5.41) is 13.5. The molecule has 0 atom stereocenters. The average Bonchev–Trinajstić information content (AvgIpc) is 3.11. The first-order chi connectivity index (χ1) is 17.3. The van der Waals surface area contributed by atoms with Gasteiger partial charge in [0.05, 0.1) is 22.1 Å². The highest BCUT2D eigenvalue weighted by atomic mass is 127. The van der Waals surface area contributed by atoms with E-state index in [-0.39, 0.29) is 30.1 Å².